The van der Waals surface area contributed by atoms with Crippen LogP contribution in [0.3, 0.4) is 0 Å². The number of benzene rings is 1. The van der Waals surface area contributed by atoms with Crippen molar-refractivity contribution in [2.75, 3.05) is 13.7 Å². The average Bonchev–Trinajstić information content (AvgIpc) is 2.67. The molecule has 0 radical (unpaired) electrons. The van der Waals surface area contributed by atoms with Crippen LogP contribution in [0.15, 0.2) is 48.8 Å². The van der Waals surface area contributed by atoms with E-state index in [1.165, 1.54) is 0 Å². The number of hydrogen-bond acceptors (Lipinski definition) is 4. The molecule has 2 amide bonds. The first-order chi connectivity index (χ1) is 12.4. The van der Waals surface area contributed by atoms with Crippen molar-refractivity contribution in [2.24, 2.45) is 5.41 Å². The normalized spacial score (nSPS) is 10.9. The monoisotopic (exact) mass is 355 g/mol. The average molecular weight is 355 g/mol. The second kappa shape index (κ2) is 8.99. The van der Waals surface area contributed by atoms with Crippen LogP contribution >= 0.6 is 0 Å². The lowest BCUT2D eigenvalue weighted by Crippen LogP contribution is -2.48. The summed E-state index contributed by atoms with van der Waals surface area (Å²) in [7, 11) is 1.62. The van der Waals surface area contributed by atoms with Gasteiger partial charge >= 0.3 is 0 Å². The molecule has 0 bridgehead atoms. The van der Waals surface area contributed by atoms with Crippen molar-refractivity contribution in [3.05, 3.63) is 59.9 Å². The van der Waals surface area contributed by atoms with Gasteiger partial charge in [0, 0.05) is 25.5 Å². The highest BCUT2D eigenvalue weighted by Crippen LogP contribution is 2.16. The predicted octanol–water partition coefficient (Wildman–Crippen LogP) is 2.09. The number of nitrogens with zero attached hydrogens (tertiary/aromatic N) is 1. The molecule has 6 nitrogen and oxygen atoms in total. The van der Waals surface area contributed by atoms with Gasteiger partial charge in [-0.2, -0.15) is 0 Å². The number of methoxy groups -OCH3 is 1. The maximum Gasteiger partial charge on any atom is 0.235 e. The fourth-order valence-electron chi connectivity index (χ4n) is 2.34. The maximum absolute atomic E-state index is 12.4. The molecule has 0 aliphatic carbocycles. The highest BCUT2D eigenvalue weighted by molar-refractivity contribution is 6.04. The van der Waals surface area contributed by atoms with Gasteiger partial charge in [-0.15, -0.1) is 0 Å². The number of carbonyl (C=O) groups is 2. The smallest absolute Gasteiger partial charge is 0.235 e. The first kappa shape index (κ1) is 19.4. The Bertz CT molecular complexity index is 728. The summed E-state index contributed by atoms with van der Waals surface area (Å²) in [5, 5.41) is 5.62. The molecular formula is C20H25N3O3. The Labute approximate surface area is 154 Å². The molecule has 0 aliphatic heterocycles. The fraction of sp³-hybridized carbons (Fsp3) is 0.350. The van der Waals surface area contributed by atoms with Crippen molar-refractivity contribution >= 4 is 11.8 Å². The number of rotatable bonds is 8. The fourth-order valence-corrected chi connectivity index (χ4v) is 2.34. The minimum Gasteiger partial charge on any atom is -0.497 e. The van der Waals surface area contributed by atoms with Crippen molar-refractivity contribution in [1.29, 1.82) is 0 Å². The summed E-state index contributed by atoms with van der Waals surface area (Å²) in [4.78, 5) is 28.8. The van der Waals surface area contributed by atoms with E-state index in [0.717, 1.165) is 16.9 Å². The molecule has 0 atom stereocenters. The Kier molecular flexibility index (Phi) is 6.72. The van der Waals surface area contributed by atoms with Gasteiger partial charge in [-0.05, 0) is 49.6 Å². The molecule has 2 rings (SSSR count). The molecule has 1 aromatic heterocycles. The van der Waals surface area contributed by atoms with E-state index in [4.69, 9.17) is 4.74 Å². The zero-order chi connectivity index (χ0) is 19.0. The Morgan fingerprint density at radius 1 is 1.04 bits per heavy atom. The summed E-state index contributed by atoms with van der Waals surface area (Å²) in [6.07, 6.45) is 4.04. The lowest BCUT2D eigenvalue weighted by Gasteiger charge is -2.22. The van der Waals surface area contributed by atoms with Crippen LogP contribution in [0.4, 0.5) is 0 Å². The quantitative estimate of drug-likeness (QED) is 0.711. The number of amides is 2. The summed E-state index contributed by atoms with van der Waals surface area (Å²) < 4.78 is 5.12. The third-order valence-electron chi connectivity index (χ3n) is 4.17. The van der Waals surface area contributed by atoms with Gasteiger partial charge in [0.25, 0.3) is 0 Å². The van der Waals surface area contributed by atoms with Gasteiger partial charge in [0.2, 0.25) is 11.8 Å². The van der Waals surface area contributed by atoms with Crippen LogP contribution in [-0.4, -0.2) is 30.5 Å². The summed E-state index contributed by atoms with van der Waals surface area (Å²) in [5.74, 6) is 0.183. The second-order valence-corrected chi connectivity index (χ2v) is 6.52. The molecule has 138 valence electrons. The summed E-state index contributed by atoms with van der Waals surface area (Å²) in [6.45, 7) is 4.04. The lowest BCUT2D eigenvalue weighted by atomic mass is 9.91. The number of aromatic nitrogens is 1. The molecule has 1 aromatic carbocycles. The van der Waals surface area contributed by atoms with Crippen LogP contribution < -0.4 is 15.4 Å². The maximum atomic E-state index is 12.4. The molecule has 0 saturated heterocycles. The van der Waals surface area contributed by atoms with E-state index in [-0.39, 0.29) is 11.8 Å². The van der Waals surface area contributed by atoms with E-state index < -0.39 is 5.41 Å². The predicted molar refractivity (Wildman–Crippen MR) is 99.6 cm³/mol. The molecule has 0 unspecified atom stereocenters. The Balaban J connectivity index is 1.80. The van der Waals surface area contributed by atoms with Crippen LogP contribution in [-0.2, 0) is 22.6 Å². The highest BCUT2D eigenvalue weighted by atomic mass is 16.5. The van der Waals surface area contributed by atoms with Crippen molar-refractivity contribution in [3.8, 4) is 5.75 Å². The molecule has 6 heteroatoms. The molecule has 26 heavy (non-hydrogen) atoms. The van der Waals surface area contributed by atoms with Crippen LogP contribution in [0.25, 0.3) is 0 Å². The van der Waals surface area contributed by atoms with E-state index in [2.05, 4.69) is 15.6 Å². The zero-order valence-corrected chi connectivity index (χ0v) is 15.4. The Hall–Kier alpha value is -2.89. The third-order valence-corrected chi connectivity index (χ3v) is 4.17. The largest absolute Gasteiger partial charge is 0.497 e. The van der Waals surface area contributed by atoms with Gasteiger partial charge in [0.05, 0.1) is 7.11 Å². The van der Waals surface area contributed by atoms with Gasteiger partial charge in [0.15, 0.2) is 0 Å². The molecule has 2 aromatic rings. The number of hydrogen-bond donors (Lipinski definition) is 2. The first-order valence-electron chi connectivity index (χ1n) is 8.52. The minimum absolute atomic E-state index is 0.297. The second-order valence-electron chi connectivity index (χ2n) is 6.52. The van der Waals surface area contributed by atoms with Gasteiger partial charge in [-0.1, -0.05) is 18.2 Å². The van der Waals surface area contributed by atoms with Crippen LogP contribution in [0.5, 0.6) is 5.75 Å². The van der Waals surface area contributed by atoms with E-state index in [1.807, 2.05) is 30.3 Å². The van der Waals surface area contributed by atoms with Gasteiger partial charge in [-0.3, -0.25) is 14.6 Å². The standard InChI is InChI=1S/C20H25N3O3/c1-20(2,19(25)23-14-16-5-4-11-21-13-16)18(24)22-12-10-15-6-8-17(26-3)9-7-15/h4-9,11,13H,10,12,14H2,1-3H3,(H,22,24)(H,23,25). The van der Waals surface area contributed by atoms with E-state index in [9.17, 15) is 9.59 Å². The topological polar surface area (TPSA) is 80.3 Å². The zero-order valence-electron chi connectivity index (χ0n) is 15.4. The van der Waals surface area contributed by atoms with Crippen molar-refractivity contribution < 1.29 is 14.3 Å². The van der Waals surface area contributed by atoms with Crippen LogP contribution in [0.2, 0.25) is 0 Å². The van der Waals surface area contributed by atoms with Crippen molar-refractivity contribution in [1.82, 2.24) is 15.6 Å². The number of pyridine rings is 1. The van der Waals surface area contributed by atoms with Gasteiger partial charge < -0.3 is 15.4 Å². The lowest BCUT2D eigenvalue weighted by molar-refractivity contribution is -0.141. The molecular weight excluding hydrogens is 330 g/mol. The number of nitrogens with one attached hydrogen (secondary N) is 2. The molecule has 0 saturated carbocycles. The number of ether oxygens (including phenoxy) is 1. The first-order valence-corrected chi connectivity index (χ1v) is 8.52. The van der Waals surface area contributed by atoms with Crippen molar-refractivity contribution in [2.45, 2.75) is 26.8 Å². The van der Waals surface area contributed by atoms with Crippen molar-refractivity contribution in [3.63, 3.8) is 0 Å². The number of carbonyl (C=O) groups excluding carboxylic acids is 2. The molecule has 0 fully saturated rings. The van der Waals surface area contributed by atoms with Crippen LogP contribution in [0.1, 0.15) is 25.0 Å². The minimum atomic E-state index is -1.15. The van der Waals surface area contributed by atoms with E-state index >= 15 is 0 Å². The molecule has 0 spiro atoms. The SMILES string of the molecule is COc1ccc(CCNC(=O)C(C)(C)C(=O)NCc2cccnc2)cc1. The Morgan fingerprint density at radius 3 is 2.35 bits per heavy atom. The molecule has 2 N–H and O–H groups in total. The molecule has 0 aliphatic rings. The summed E-state index contributed by atoms with van der Waals surface area (Å²) in [6, 6.07) is 11.3. The summed E-state index contributed by atoms with van der Waals surface area (Å²) in [5.41, 5.74) is 0.823. The van der Waals surface area contributed by atoms with Gasteiger partial charge in [0.1, 0.15) is 11.2 Å². The van der Waals surface area contributed by atoms with E-state index in [0.29, 0.717) is 19.5 Å². The van der Waals surface area contributed by atoms with Crippen LogP contribution in [0, 0.1) is 5.41 Å². The Morgan fingerprint density at radius 2 is 1.73 bits per heavy atom. The van der Waals surface area contributed by atoms with Gasteiger partial charge in [-0.25, -0.2) is 0 Å². The van der Waals surface area contributed by atoms with E-state index in [1.54, 1.807) is 39.4 Å². The highest BCUT2D eigenvalue weighted by Gasteiger charge is 2.35. The summed E-state index contributed by atoms with van der Waals surface area (Å²) >= 11 is 0. The third kappa shape index (κ3) is 5.31. The molecule has 1 heterocycles.